The Morgan fingerprint density at radius 3 is 2.85 bits per heavy atom. The smallest absolute Gasteiger partial charge is 0.350 e. The van der Waals surface area contributed by atoms with E-state index in [0.29, 0.717) is 11.5 Å². The zero-order valence-corrected chi connectivity index (χ0v) is 9.87. The lowest BCUT2D eigenvalue weighted by atomic mass is 10.3. The number of carbonyl (C=O) groups excluding carboxylic acids is 1. The quantitative estimate of drug-likeness (QED) is 0.788. The highest BCUT2D eigenvalue weighted by atomic mass is 79.9. The van der Waals surface area contributed by atoms with Crippen molar-refractivity contribution in [1.29, 1.82) is 0 Å². The average Bonchev–Trinajstić information content (AvgIpc) is 2.47. The van der Waals surface area contributed by atoms with Crippen LogP contribution in [0, 0.1) is 0 Å². The van der Waals surface area contributed by atoms with Gasteiger partial charge in [0.05, 0.1) is 12.3 Å². The first kappa shape index (κ1) is 10.7. The van der Waals surface area contributed by atoms with Gasteiger partial charge in [-0.25, -0.2) is 9.78 Å². The Bertz CT molecular complexity index is 311. The van der Waals surface area contributed by atoms with E-state index in [-0.39, 0.29) is 5.97 Å². The van der Waals surface area contributed by atoms with Crippen molar-refractivity contribution in [2.24, 2.45) is 0 Å². The van der Waals surface area contributed by atoms with E-state index in [1.807, 2.05) is 6.92 Å². The molecule has 0 saturated carbocycles. The summed E-state index contributed by atoms with van der Waals surface area (Å²) in [6.07, 6.45) is 0.746. The normalized spacial score (nSPS) is 10.1. The van der Waals surface area contributed by atoms with Crippen molar-refractivity contribution in [3.05, 3.63) is 14.5 Å². The van der Waals surface area contributed by atoms with Gasteiger partial charge >= 0.3 is 5.97 Å². The third-order valence-corrected chi connectivity index (χ3v) is 3.00. The zero-order valence-electron chi connectivity index (χ0n) is 7.46. The molecule has 0 aliphatic carbocycles. The molecule has 0 N–H and O–H groups in total. The van der Waals surface area contributed by atoms with Crippen LogP contribution in [-0.4, -0.2) is 17.6 Å². The molecule has 0 aliphatic heterocycles. The molecular weight excluding hydrogens is 254 g/mol. The Labute approximate surface area is 89.3 Å². The number of ether oxygens (including phenoxy) is 1. The summed E-state index contributed by atoms with van der Waals surface area (Å²) in [7, 11) is 0. The summed E-state index contributed by atoms with van der Waals surface area (Å²) in [4.78, 5) is 16.1. The molecule has 1 rings (SSSR count). The molecule has 1 aromatic heterocycles. The molecule has 0 aromatic carbocycles. The third kappa shape index (κ3) is 2.51. The van der Waals surface area contributed by atoms with Crippen molar-refractivity contribution in [1.82, 2.24) is 4.98 Å². The predicted molar refractivity (Wildman–Crippen MR) is 55.1 cm³/mol. The number of nitrogens with zero attached hydrogens (tertiary/aromatic N) is 1. The first-order valence-electron chi connectivity index (χ1n) is 4.01. The summed E-state index contributed by atoms with van der Waals surface area (Å²) in [5, 5.41) is 0. The fraction of sp³-hybridized carbons (Fsp3) is 0.500. The predicted octanol–water partition coefficient (Wildman–Crippen LogP) is 2.64. The SMILES string of the molecule is CCOC(=O)c1sc(Br)nc1CC. The Balaban J connectivity index is 2.91. The second kappa shape index (κ2) is 4.72. The van der Waals surface area contributed by atoms with Crippen molar-refractivity contribution in [2.75, 3.05) is 6.61 Å². The lowest BCUT2D eigenvalue weighted by molar-refractivity contribution is 0.0530. The molecule has 72 valence electrons. The van der Waals surface area contributed by atoms with Gasteiger partial charge in [-0.1, -0.05) is 18.3 Å². The van der Waals surface area contributed by atoms with Gasteiger partial charge in [-0.2, -0.15) is 0 Å². The van der Waals surface area contributed by atoms with E-state index in [1.54, 1.807) is 6.92 Å². The maximum Gasteiger partial charge on any atom is 0.350 e. The molecule has 0 bridgehead atoms. The number of esters is 1. The van der Waals surface area contributed by atoms with Crippen LogP contribution in [0.25, 0.3) is 0 Å². The summed E-state index contributed by atoms with van der Waals surface area (Å²) < 4.78 is 5.62. The Kier molecular flexibility index (Phi) is 3.87. The van der Waals surface area contributed by atoms with Crippen molar-refractivity contribution in [3.8, 4) is 0 Å². The van der Waals surface area contributed by atoms with Gasteiger partial charge in [0.15, 0.2) is 3.92 Å². The van der Waals surface area contributed by atoms with Gasteiger partial charge in [-0.15, -0.1) is 0 Å². The number of hydrogen-bond donors (Lipinski definition) is 0. The molecule has 0 spiro atoms. The molecule has 0 radical (unpaired) electrons. The molecule has 0 saturated heterocycles. The van der Waals surface area contributed by atoms with E-state index in [9.17, 15) is 4.79 Å². The minimum absolute atomic E-state index is 0.275. The number of halogens is 1. The fourth-order valence-electron chi connectivity index (χ4n) is 0.919. The molecule has 5 heteroatoms. The van der Waals surface area contributed by atoms with Crippen molar-refractivity contribution in [3.63, 3.8) is 0 Å². The van der Waals surface area contributed by atoms with Crippen LogP contribution in [-0.2, 0) is 11.2 Å². The molecule has 0 aliphatic rings. The van der Waals surface area contributed by atoms with E-state index in [1.165, 1.54) is 11.3 Å². The monoisotopic (exact) mass is 263 g/mol. The van der Waals surface area contributed by atoms with Crippen LogP contribution >= 0.6 is 27.3 Å². The van der Waals surface area contributed by atoms with Crippen LogP contribution in [0.4, 0.5) is 0 Å². The summed E-state index contributed by atoms with van der Waals surface area (Å²) in [5.41, 5.74) is 0.801. The largest absolute Gasteiger partial charge is 0.462 e. The molecule has 0 amide bonds. The van der Waals surface area contributed by atoms with Crippen LogP contribution in [0.3, 0.4) is 0 Å². The molecule has 3 nitrogen and oxygen atoms in total. The molecular formula is C8H10BrNO2S. The van der Waals surface area contributed by atoms with Crippen molar-refractivity contribution < 1.29 is 9.53 Å². The van der Waals surface area contributed by atoms with E-state index >= 15 is 0 Å². The van der Waals surface area contributed by atoms with Gasteiger partial charge in [0.1, 0.15) is 4.88 Å². The van der Waals surface area contributed by atoms with Crippen molar-refractivity contribution in [2.45, 2.75) is 20.3 Å². The highest BCUT2D eigenvalue weighted by molar-refractivity contribution is 9.11. The Morgan fingerprint density at radius 1 is 1.62 bits per heavy atom. The number of hydrogen-bond acceptors (Lipinski definition) is 4. The second-order valence-corrected chi connectivity index (χ2v) is 4.59. The van der Waals surface area contributed by atoms with Gasteiger partial charge in [-0.05, 0) is 29.3 Å². The van der Waals surface area contributed by atoms with Gasteiger partial charge in [-0.3, -0.25) is 0 Å². The van der Waals surface area contributed by atoms with E-state index in [2.05, 4.69) is 20.9 Å². The molecule has 1 heterocycles. The second-order valence-electron chi connectivity index (χ2n) is 2.32. The standard InChI is InChI=1S/C8H10BrNO2S/c1-3-5-6(7(11)12-4-2)13-8(9)10-5/h3-4H2,1-2H3. The van der Waals surface area contributed by atoms with E-state index in [4.69, 9.17) is 4.74 Å². The molecule has 0 fully saturated rings. The summed E-state index contributed by atoms with van der Waals surface area (Å²) >= 11 is 4.56. The molecule has 1 aromatic rings. The Morgan fingerprint density at radius 2 is 2.31 bits per heavy atom. The van der Waals surface area contributed by atoms with E-state index in [0.717, 1.165) is 16.0 Å². The topological polar surface area (TPSA) is 39.2 Å². The lowest BCUT2D eigenvalue weighted by Crippen LogP contribution is -2.05. The van der Waals surface area contributed by atoms with Crippen LogP contribution in [0.1, 0.15) is 29.2 Å². The zero-order chi connectivity index (χ0) is 9.84. The van der Waals surface area contributed by atoms with E-state index < -0.39 is 0 Å². The van der Waals surface area contributed by atoms with Crippen LogP contribution in [0.2, 0.25) is 0 Å². The van der Waals surface area contributed by atoms with Gasteiger partial charge < -0.3 is 4.74 Å². The molecule has 13 heavy (non-hydrogen) atoms. The molecule has 0 unspecified atom stereocenters. The summed E-state index contributed by atoms with van der Waals surface area (Å²) in [5.74, 6) is -0.275. The number of rotatable bonds is 3. The van der Waals surface area contributed by atoms with Crippen molar-refractivity contribution >= 4 is 33.2 Å². The first-order chi connectivity index (χ1) is 6.19. The van der Waals surface area contributed by atoms with Crippen LogP contribution in [0.15, 0.2) is 3.92 Å². The number of aromatic nitrogens is 1. The lowest BCUT2D eigenvalue weighted by Gasteiger charge is -1.98. The highest BCUT2D eigenvalue weighted by Crippen LogP contribution is 2.24. The summed E-state index contributed by atoms with van der Waals surface area (Å²) in [6, 6.07) is 0. The number of aryl methyl sites for hydroxylation is 1. The maximum atomic E-state index is 11.4. The minimum atomic E-state index is -0.275. The van der Waals surface area contributed by atoms with Crippen LogP contribution < -0.4 is 0 Å². The minimum Gasteiger partial charge on any atom is -0.462 e. The highest BCUT2D eigenvalue weighted by Gasteiger charge is 2.16. The first-order valence-corrected chi connectivity index (χ1v) is 5.62. The molecule has 0 atom stereocenters. The maximum absolute atomic E-state index is 11.4. The summed E-state index contributed by atoms with van der Waals surface area (Å²) in [6.45, 7) is 4.15. The van der Waals surface area contributed by atoms with Gasteiger partial charge in [0, 0.05) is 0 Å². The fourth-order valence-corrected chi connectivity index (χ4v) is 2.39. The van der Waals surface area contributed by atoms with Gasteiger partial charge in [0.25, 0.3) is 0 Å². The third-order valence-electron chi connectivity index (χ3n) is 1.47. The Hall–Kier alpha value is -0.420. The number of thiazole rings is 1. The number of carbonyl (C=O) groups is 1. The van der Waals surface area contributed by atoms with Crippen LogP contribution in [0.5, 0.6) is 0 Å². The van der Waals surface area contributed by atoms with Gasteiger partial charge in [0.2, 0.25) is 0 Å². The average molecular weight is 264 g/mol.